The van der Waals surface area contributed by atoms with Crippen molar-refractivity contribution in [3.05, 3.63) is 6.92 Å². The van der Waals surface area contributed by atoms with Crippen LogP contribution >= 0.6 is 0 Å². The lowest BCUT2D eigenvalue weighted by Crippen LogP contribution is -2.31. The summed E-state index contributed by atoms with van der Waals surface area (Å²) in [5.41, 5.74) is 4.89. The zero-order valence-corrected chi connectivity index (χ0v) is 3.79. The molecule has 0 aliphatic carbocycles. The minimum atomic E-state index is -0.903. The van der Waals surface area contributed by atoms with E-state index >= 15 is 0 Å². The van der Waals surface area contributed by atoms with Crippen molar-refractivity contribution in [3.63, 3.8) is 0 Å². The predicted molar refractivity (Wildman–Crippen MR) is 24.4 cm³/mol. The molecule has 0 saturated carbocycles. The summed E-state index contributed by atoms with van der Waals surface area (Å²) in [6, 6.07) is -0.903. The van der Waals surface area contributed by atoms with Gasteiger partial charge < -0.3 is 10.8 Å². The van der Waals surface area contributed by atoms with Gasteiger partial charge in [-0.05, 0) is 0 Å². The first-order valence-corrected chi connectivity index (χ1v) is 1.84. The summed E-state index contributed by atoms with van der Waals surface area (Å²) in [5.74, 6) is -0.678. The van der Waals surface area contributed by atoms with Crippen molar-refractivity contribution in [2.75, 3.05) is 6.61 Å². The Labute approximate surface area is 42.1 Å². The number of hydrogen-bond acceptors (Lipinski definition) is 3. The van der Waals surface area contributed by atoms with E-state index in [-0.39, 0.29) is 6.61 Å². The summed E-state index contributed by atoms with van der Waals surface area (Å²) >= 11 is 0. The standard InChI is InChI=1S/C4H7NO2/c1-3(7)4(5)2-6/h1,4,6H,2,5H2/t4-/m0/s1. The Hall–Kier alpha value is -0.410. The zero-order chi connectivity index (χ0) is 5.86. The molecule has 0 saturated heterocycles. The fourth-order valence-corrected chi connectivity index (χ4v) is 0.0900. The van der Waals surface area contributed by atoms with E-state index in [0.717, 1.165) is 0 Å². The summed E-state index contributed by atoms with van der Waals surface area (Å²) in [6.07, 6.45) is 0. The topological polar surface area (TPSA) is 63.3 Å². The molecule has 0 rings (SSSR count). The fourth-order valence-electron chi connectivity index (χ4n) is 0.0900. The van der Waals surface area contributed by atoms with Gasteiger partial charge in [-0.25, -0.2) is 0 Å². The van der Waals surface area contributed by atoms with Crippen molar-refractivity contribution in [2.24, 2.45) is 5.73 Å². The molecule has 0 bridgehead atoms. The van der Waals surface area contributed by atoms with Gasteiger partial charge in [-0.15, -0.1) is 0 Å². The molecule has 3 N–H and O–H groups in total. The smallest absolute Gasteiger partial charge is 0.156 e. The van der Waals surface area contributed by atoms with Crippen molar-refractivity contribution in [1.29, 1.82) is 0 Å². The SMILES string of the molecule is [CH]C(=O)[C@@H](N)CO. The molecule has 0 aromatic carbocycles. The van der Waals surface area contributed by atoms with Crippen LogP contribution in [-0.2, 0) is 4.79 Å². The minimum Gasteiger partial charge on any atom is -0.394 e. The third-order valence-corrected chi connectivity index (χ3v) is 0.562. The lowest BCUT2D eigenvalue weighted by atomic mass is 10.2. The molecular formula is C4H7NO2. The fraction of sp³-hybridized carbons (Fsp3) is 0.500. The molecule has 0 spiro atoms. The average molecular weight is 101 g/mol. The second kappa shape index (κ2) is 2.71. The summed E-state index contributed by atoms with van der Waals surface area (Å²) in [6.45, 7) is 4.24. The molecule has 7 heavy (non-hydrogen) atoms. The molecule has 0 unspecified atom stereocenters. The molecule has 0 aliphatic heterocycles. The van der Waals surface area contributed by atoms with Crippen molar-refractivity contribution < 1.29 is 9.90 Å². The summed E-state index contributed by atoms with van der Waals surface area (Å²) in [7, 11) is 0. The van der Waals surface area contributed by atoms with E-state index in [2.05, 4.69) is 6.92 Å². The maximum atomic E-state index is 9.87. The molecule has 2 radical (unpaired) electrons. The van der Waals surface area contributed by atoms with Crippen molar-refractivity contribution in [1.82, 2.24) is 0 Å². The molecule has 0 amide bonds. The van der Waals surface area contributed by atoms with Crippen LogP contribution in [0.1, 0.15) is 0 Å². The van der Waals surface area contributed by atoms with E-state index in [1.807, 2.05) is 0 Å². The van der Waals surface area contributed by atoms with Gasteiger partial charge in [0, 0.05) is 6.92 Å². The monoisotopic (exact) mass is 101 g/mol. The van der Waals surface area contributed by atoms with Crippen LogP contribution in [-0.4, -0.2) is 23.5 Å². The molecule has 3 heteroatoms. The number of aliphatic hydroxyl groups is 1. The first-order valence-electron chi connectivity index (χ1n) is 1.84. The zero-order valence-electron chi connectivity index (χ0n) is 3.79. The Morgan fingerprint density at radius 1 is 2.00 bits per heavy atom. The van der Waals surface area contributed by atoms with Crippen LogP contribution < -0.4 is 5.73 Å². The van der Waals surface area contributed by atoms with Gasteiger partial charge >= 0.3 is 0 Å². The molecule has 40 valence electrons. The van der Waals surface area contributed by atoms with Crippen molar-refractivity contribution in [2.45, 2.75) is 6.04 Å². The van der Waals surface area contributed by atoms with Gasteiger partial charge in [-0.1, -0.05) is 0 Å². The number of Topliss-reactive ketones (excluding diaryl/α,β-unsaturated/α-hetero) is 1. The average Bonchev–Trinajstić information content (AvgIpc) is 1.65. The Balaban J connectivity index is 3.34. The summed E-state index contributed by atoms with van der Waals surface area (Å²) in [5, 5.41) is 8.08. The normalized spacial score (nSPS) is 13.6. The highest BCUT2D eigenvalue weighted by molar-refractivity contribution is 5.87. The molecule has 1 atom stereocenters. The van der Waals surface area contributed by atoms with E-state index in [1.165, 1.54) is 0 Å². The molecule has 0 aromatic rings. The Morgan fingerprint density at radius 3 is 2.43 bits per heavy atom. The van der Waals surface area contributed by atoms with Crippen LogP contribution in [0.15, 0.2) is 0 Å². The van der Waals surface area contributed by atoms with Gasteiger partial charge in [0.05, 0.1) is 12.6 Å². The molecular weight excluding hydrogens is 94.0 g/mol. The van der Waals surface area contributed by atoms with Crippen LogP contribution in [0.25, 0.3) is 0 Å². The van der Waals surface area contributed by atoms with Gasteiger partial charge in [-0.2, -0.15) is 0 Å². The summed E-state index contributed by atoms with van der Waals surface area (Å²) < 4.78 is 0. The van der Waals surface area contributed by atoms with Crippen LogP contribution in [0, 0.1) is 6.92 Å². The van der Waals surface area contributed by atoms with E-state index in [0.29, 0.717) is 0 Å². The highest BCUT2D eigenvalue weighted by atomic mass is 16.3. The van der Waals surface area contributed by atoms with Gasteiger partial charge in [0.15, 0.2) is 5.78 Å². The largest absolute Gasteiger partial charge is 0.394 e. The first kappa shape index (κ1) is 6.59. The highest BCUT2D eigenvalue weighted by Crippen LogP contribution is 1.73. The maximum Gasteiger partial charge on any atom is 0.156 e. The predicted octanol–water partition coefficient (Wildman–Crippen LogP) is -1.41. The highest BCUT2D eigenvalue weighted by Gasteiger charge is 2.03. The first-order chi connectivity index (χ1) is 3.18. The quantitative estimate of drug-likeness (QED) is 0.449. The Bertz CT molecular complexity index is 72.1. The molecule has 0 fully saturated rings. The van der Waals surface area contributed by atoms with Crippen LogP contribution in [0.4, 0.5) is 0 Å². The lowest BCUT2D eigenvalue weighted by Gasteiger charge is -1.97. The number of aliphatic hydroxyl groups excluding tert-OH is 1. The second-order valence-electron chi connectivity index (χ2n) is 1.19. The number of rotatable bonds is 2. The van der Waals surface area contributed by atoms with Crippen LogP contribution in [0.5, 0.6) is 0 Å². The van der Waals surface area contributed by atoms with Crippen LogP contribution in [0.3, 0.4) is 0 Å². The Kier molecular flexibility index (Phi) is 2.55. The maximum absolute atomic E-state index is 9.87. The van der Waals surface area contributed by atoms with E-state index < -0.39 is 11.8 Å². The van der Waals surface area contributed by atoms with E-state index in [1.54, 1.807) is 0 Å². The minimum absolute atomic E-state index is 0.380. The third-order valence-electron chi connectivity index (χ3n) is 0.562. The molecule has 0 heterocycles. The Morgan fingerprint density at radius 2 is 2.43 bits per heavy atom. The third kappa shape index (κ3) is 2.31. The van der Waals surface area contributed by atoms with Gasteiger partial charge in [-0.3, -0.25) is 4.79 Å². The number of carbonyl (C=O) groups excluding carboxylic acids is 1. The van der Waals surface area contributed by atoms with Gasteiger partial charge in [0.2, 0.25) is 0 Å². The number of nitrogens with two attached hydrogens (primary N) is 1. The number of carbonyl (C=O) groups is 1. The van der Waals surface area contributed by atoms with Crippen molar-refractivity contribution in [3.8, 4) is 0 Å². The number of ketones is 1. The van der Waals surface area contributed by atoms with Crippen molar-refractivity contribution >= 4 is 5.78 Å². The number of hydrogen-bond donors (Lipinski definition) is 2. The van der Waals surface area contributed by atoms with E-state index in [4.69, 9.17) is 10.8 Å². The van der Waals surface area contributed by atoms with Crippen LogP contribution in [0.2, 0.25) is 0 Å². The molecule has 3 nitrogen and oxygen atoms in total. The summed E-state index contributed by atoms with van der Waals surface area (Å²) in [4.78, 5) is 9.87. The van der Waals surface area contributed by atoms with E-state index in [9.17, 15) is 4.79 Å². The van der Waals surface area contributed by atoms with Gasteiger partial charge in [0.1, 0.15) is 0 Å². The molecule has 0 aliphatic rings. The van der Waals surface area contributed by atoms with Gasteiger partial charge in [0.25, 0.3) is 0 Å². The molecule has 0 aromatic heterocycles. The second-order valence-corrected chi connectivity index (χ2v) is 1.19. The lowest BCUT2D eigenvalue weighted by molar-refractivity contribution is -0.116.